The van der Waals surface area contributed by atoms with Gasteiger partial charge in [-0.3, -0.25) is 25.9 Å². The van der Waals surface area contributed by atoms with Gasteiger partial charge in [0.25, 0.3) is 5.91 Å². The van der Waals surface area contributed by atoms with E-state index < -0.39 is 11.8 Å². The summed E-state index contributed by atoms with van der Waals surface area (Å²) in [6.07, 6.45) is 0. The van der Waals surface area contributed by atoms with Gasteiger partial charge < -0.3 is 0 Å². The molecule has 2 amide bonds. The maximum absolute atomic E-state index is 13.1. The third-order valence-corrected chi connectivity index (χ3v) is 4.30. The van der Waals surface area contributed by atoms with Crippen molar-refractivity contribution >= 4 is 23.4 Å². The van der Waals surface area contributed by atoms with Gasteiger partial charge >= 0.3 is 0 Å². The summed E-state index contributed by atoms with van der Waals surface area (Å²) in [6.45, 7) is 0.371. The van der Waals surface area contributed by atoms with Crippen molar-refractivity contribution in [2.75, 3.05) is 6.54 Å². The first-order valence-electron chi connectivity index (χ1n) is 7.65. The van der Waals surface area contributed by atoms with Crippen LogP contribution in [0.15, 0.2) is 48.5 Å². The minimum Gasteiger partial charge on any atom is -0.273 e. The third-order valence-electron chi connectivity index (χ3n) is 3.97. The number of hydrogen-bond donors (Lipinski definition) is 4. The summed E-state index contributed by atoms with van der Waals surface area (Å²) in [6, 6.07) is 12.1. The van der Waals surface area contributed by atoms with Crippen molar-refractivity contribution < 1.29 is 14.0 Å². The van der Waals surface area contributed by atoms with Crippen LogP contribution in [0.25, 0.3) is 0 Å². The first-order chi connectivity index (χ1) is 12.1. The average molecular weight is 363 g/mol. The zero-order valence-electron chi connectivity index (χ0n) is 13.1. The molecule has 2 atom stereocenters. The number of carbonyl (C=O) groups excluding carboxylic acids is 2. The molecule has 3 rings (SSSR count). The Morgan fingerprint density at radius 3 is 2.52 bits per heavy atom. The molecule has 0 aromatic heterocycles. The fraction of sp³-hybridized carbons (Fsp3) is 0.176. The molecule has 0 bridgehead atoms. The van der Waals surface area contributed by atoms with Crippen LogP contribution >= 0.6 is 11.6 Å². The molecule has 6 nitrogen and oxygen atoms in total. The Labute approximate surface area is 148 Å². The number of nitrogens with one attached hydrogen (secondary N) is 4. The van der Waals surface area contributed by atoms with Gasteiger partial charge in [-0.1, -0.05) is 35.9 Å². The van der Waals surface area contributed by atoms with Crippen LogP contribution in [0.1, 0.15) is 22.0 Å². The summed E-state index contributed by atoms with van der Waals surface area (Å²) in [4.78, 5) is 24.5. The molecule has 0 radical (unpaired) electrons. The molecule has 4 N–H and O–H groups in total. The molecule has 1 heterocycles. The molecule has 2 aromatic rings. The van der Waals surface area contributed by atoms with Crippen LogP contribution in [0.2, 0.25) is 5.02 Å². The van der Waals surface area contributed by atoms with Crippen molar-refractivity contribution in [2.45, 2.75) is 6.04 Å². The number of benzene rings is 2. The van der Waals surface area contributed by atoms with E-state index in [1.165, 1.54) is 12.1 Å². The zero-order chi connectivity index (χ0) is 17.8. The largest absolute Gasteiger partial charge is 0.273 e. The van der Waals surface area contributed by atoms with Gasteiger partial charge in [0, 0.05) is 6.54 Å². The predicted octanol–water partition coefficient (Wildman–Crippen LogP) is 1.71. The van der Waals surface area contributed by atoms with E-state index in [1.54, 1.807) is 36.4 Å². The quantitative estimate of drug-likeness (QED) is 0.626. The number of hydrogen-bond acceptors (Lipinski definition) is 4. The molecule has 0 spiro atoms. The number of carbonyl (C=O) groups is 2. The van der Waals surface area contributed by atoms with Crippen molar-refractivity contribution in [3.8, 4) is 0 Å². The van der Waals surface area contributed by atoms with Crippen molar-refractivity contribution in [3.05, 3.63) is 70.5 Å². The Hall–Kier alpha value is -2.48. The molecule has 130 valence electrons. The van der Waals surface area contributed by atoms with E-state index in [4.69, 9.17) is 11.6 Å². The second-order valence-corrected chi connectivity index (χ2v) is 5.99. The molecule has 0 saturated carbocycles. The van der Waals surface area contributed by atoms with Gasteiger partial charge in [-0.2, -0.15) is 0 Å². The molecular weight excluding hydrogens is 347 g/mol. The highest BCUT2D eigenvalue weighted by molar-refractivity contribution is 6.33. The van der Waals surface area contributed by atoms with Crippen LogP contribution in [-0.2, 0) is 4.79 Å². The highest BCUT2D eigenvalue weighted by atomic mass is 35.5. The number of hydrazine groups is 2. The van der Waals surface area contributed by atoms with Crippen LogP contribution in [0, 0.1) is 11.7 Å². The van der Waals surface area contributed by atoms with Crippen LogP contribution in [0.3, 0.4) is 0 Å². The van der Waals surface area contributed by atoms with Crippen LogP contribution in [0.5, 0.6) is 0 Å². The molecule has 8 heteroatoms. The van der Waals surface area contributed by atoms with Crippen molar-refractivity contribution in [1.82, 2.24) is 21.7 Å². The van der Waals surface area contributed by atoms with Crippen molar-refractivity contribution in [3.63, 3.8) is 0 Å². The van der Waals surface area contributed by atoms with E-state index in [1.807, 2.05) is 0 Å². The molecule has 25 heavy (non-hydrogen) atoms. The first kappa shape index (κ1) is 17.3. The molecular formula is C17H16ClFN4O2. The highest BCUT2D eigenvalue weighted by Gasteiger charge is 2.34. The van der Waals surface area contributed by atoms with Crippen LogP contribution in [0.4, 0.5) is 4.39 Å². The Bertz CT molecular complexity index is 784. The van der Waals surface area contributed by atoms with Crippen LogP contribution in [-0.4, -0.2) is 18.4 Å². The van der Waals surface area contributed by atoms with Crippen molar-refractivity contribution in [2.24, 2.45) is 5.92 Å². The summed E-state index contributed by atoms with van der Waals surface area (Å²) in [5.74, 6) is -1.69. The topological polar surface area (TPSA) is 82.3 Å². The first-order valence-corrected chi connectivity index (χ1v) is 8.02. The van der Waals surface area contributed by atoms with Gasteiger partial charge in [0.1, 0.15) is 5.82 Å². The van der Waals surface area contributed by atoms with Gasteiger partial charge in [0.05, 0.1) is 22.5 Å². The minimum absolute atomic E-state index is 0.266. The second-order valence-electron chi connectivity index (χ2n) is 5.58. The van der Waals surface area contributed by atoms with Gasteiger partial charge in [0.15, 0.2) is 0 Å². The second kappa shape index (κ2) is 7.60. The Morgan fingerprint density at radius 2 is 1.80 bits per heavy atom. The summed E-state index contributed by atoms with van der Waals surface area (Å²) < 4.78 is 13.1. The standard InChI is InChI=1S/C17H16ClFN4O2/c18-14-4-2-1-3-12(14)16(24)22-23-17(25)13-9-20-21-15(13)10-5-7-11(19)8-6-10/h1-8,13,15,20-21H,9H2,(H,22,24)(H,23,25). The fourth-order valence-electron chi connectivity index (χ4n) is 2.65. The van der Waals surface area contributed by atoms with E-state index in [2.05, 4.69) is 21.7 Å². The van der Waals surface area contributed by atoms with Gasteiger partial charge in [-0.05, 0) is 29.8 Å². The lowest BCUT2D eigenvalue weighted by Crippen LogP contribution is -2.46. The summed E-state index contributed by atoms with van der Waals surface area (Å²) >= 11 is 5.95. The lowest BCUT2D eigenvalue weighted by atomic mass is 9.94. The molecule has 2 aromatic carbocycles. The predicted molar refractivity (Wildman–Crippen MR) is 90.8 cm³/mol. The lowest BCUT2D eigenvalue weighted by Gasteiger charge is -2.18. The number of amides is 2. The maximum Gasteiger partial charge on any atom is 0.271 e. The number of halogens is 2. The Morgan fingerprint density at radius 1 is 1.08 bits per heavy atom. The smallest absolute Gasteiger partial charge is 0.271 e. The van der Waals surface area contributed by atoms with Gasteiger partial charge in [0.2, 0.25) is 5.91 Å². The SMILES string of the molecule is O=C(NNC(=O)C1CNNC1c1ccc(F)cc1)c1ccccc1Cl. The van der Waals surface area contributed by atoms with Crippen molar-refractivity contribution in [1.29, 1.82) is 0 Å². The average Bonchev–Trinajstić information content (AvgIpc) is 3.10. The number of rotatable bonds is 3. The zero-order valence-corrected chi connectivity index (χ0v) is 13.8. The lowest BCUT2D eigenvalue weighted by molar-refractivity contribution is -0.125. The van der Waals surface area contributed by atoms with Gasteiger partial charge in [-0.15, -0.1) is 0 Å². The molecule has 1 aliphatic heterocycles. The molecule has 1 fully saturated rings. The third kappa shape index (κ3) is 3.96. The Balaban J connectivity index is 1.63. The minimum atomic E-state index is -0.504. The summed E-state index contributed by atoms with van der Waals surface area (Å²) in [5, 5.41) is 0.294. The molecule has 0 aliphatic carbocycles. The van der Waals surface area contributed by atoms with E-state index in [9.17, 15) is 14.0 Å². The van der Waals surface area contributed by atoms with Gasteiger partial charge in [-0.25, -0.2) is 9.82 Å². The summed E-state index contributed by atoms with van der Waals surface area (Å²) in [7, 11) is 0. The Kier molecular flexibility index (Phi) is 5.28. The highest BCUT2D eigenvalue weighted by Crippen LogP contribution is 2.25. The molecule has 2 unspecified atom stereocenters. The molecule has 1 aliphatic rings. The fourth-order valence-corrected chi connectivity index (χ4v) is 2.87. The van der Waals surface area contributed by atoms with E-state index >= 15 is 0 Å². The van der Waals surface area contributed by atoms with E-state index in [-0.39, 0.29) is 23.3 Å². The maximum atomic E-state index is 13.1. The van der Waals surface area contributed by atoms with E-state index in [0.29, 0.717) is 11.6 Å². The monoisotopic (exact) mass is 362 g/mol. The molecule has 1 saturated heterocycles. The van der Waals surface area contributed by atoms with E-state index in [0.717, 1.165) is 5.56 Å². The van der Waals surface area contributed by atoms with Crippen LogP contribution < -0.4 is 21.7 Å². The summed E-state index contributed by atoms with van der Waals surface area (Å²) in [5.41, 5.74) is 11.7. The normalized spacial score (nSPS) is 19.4.